The maximum atomic E-state index is 11.8. The Bertz CT molecular complexity index is 261. The molecule has 0 atom stereocenters. The van der Waals surface area contributed by atoms with Gasteiger partial charge in [0.2, 0.25) is 5.91 Å². The van der Waals surface area contributed by atoms with Gasteiger partial charge >= 0.3 is 5.97 Å². The largest absolute Gasteiger partial charge is 0.480 e. The van der Waals surface area contributed by atoms with Crippen molar-refractivity contribution in [1.82, 2.24) is 4.90 Å². The first-order valence-electron chi connectivity index (χ1n) is 5.30. The van der Waals surface area contributed by atoms with Gasteiger partial charge in [-0.05, 0) is 27.7 Å². The second kappa shape index (κ2) is 5.84. The molecule has 0 aromatic heterocycles. The predicted molar refractivity (Wildman–Crippen MR) is 60.1 cm³/mol. The summed E-state index contributed by atoms with van der Waals surface area (Å²) in [5.74, 6) is -1.53. The van der Waals surface area contributed by atoms with Crippen LogP contribution in [0.15, 0.2) is 0 Å². The third-order valence-corrected chi connectivity index (χ3v) is 2.29. The van der Waals surface area contributed by atoms with Crippen LogP contribution in [0.4, 0.5) is 0 Å². The molecule has 0 saturated carbocycles. The summed E-state index contributed by atoms with van der Waals surface area (Å²) in [6, 6.07) is 0. The third-order valence-electron chi connectivity index (χ3n) is 2.29. The van der Waals surface area contributed by atoms with Crippen molar-refractivity contribution >= 4 is 11.9 Å². The molecule has 1 amide bonds. The van der Waals surface area contributed by atoms with Crippen molar-refractivity contribution in [3.05, 3.63) is 0 Å². The Morgan fingerprint density at radius 2 is 1.88 bits per heavy atom. The molecule has 0 aliphatic carbocycles. The molecule has 0 unspecified atom stereocenters. The van der Waals surface area contributed by atoms with Gasteiger partial charge in [0.15, 0.2) is 0 Å². The highest BCUT2D eigenvalue weighted by Crippen LogP contribution is 2.18. The van der Waals surface area contributed by atoms with E-state index in [0.717, 1.165) is 0 Å². The van der Waals surface area contributed by atoms with Gasteiger partial charge < -0.3 is 14.7 Å². The first kappa shape index (κ1) is 14.9. The Balaban J connectivity index is 4.24. The van der Waals surface area contributed by atoms with Crippen molar-refractivity contribution in [2.24, 2.45) is 5.41 Å². The Morgan fingerprint density at radius 3 is 2.25 bits per heavy atom. The van der Waals surface area contributed by atoms with Crippen LogP contribution in [-0.2, 0) is 14.3 Å². The lowest BCUT2D eigenvalue weighted by atomic mass is 9.92. The van der Waals surface area contributed by atoms with Crippen molar-refractivity contribution in [3.63, 3.8) is 0 Å². The van der Waals surface area contributed by atoms with Crippen LogP contribution in [0.2, 0.25) is 0 Å². The van der Waals surface area contributed by atoms with E-state index >= 15 is 0 Å². The molecule has 0 saturated heterocycles. The molecule has 0 fully saturated rings. The predicted octanol–water partition coefficient (Wildman–Crippen LogP) is 0.981. The van der Waals surface area contributed by atoms with E-state index < -0.39 is 17.3 Å². The van der Waals surface area contributed by atoms with E-state index in [-0.39, 0.29) is 6.10 Å². The normalized spacial score (nSPS) is 11.6. The first-order valence-corrected chi connectivity index (χ1v) is 5.30. The number of rotatable bonds is 6. The number of nitrogens with zero attached hydrogens (tertiary/aromatic N) is 1. The molecular formula is C11H21NO4. The smallest absolute Gasteiger partial charge is 0.318 e. The SMILES string of the molecule is CC(C)OCCN(C)C(=O)C(C)(C)C(=O)O. The van der Waals surface area contributed by atoms with Crippen molar-refractivity contribution in [3.8, 4) is 0 Å². The van der Waals surface area contributed by atoms with E-state index in [4.69, 9.17) is 9.84 Å². The standard InChI is InChI=1S/C11H21NO4/c1-8(2)16-7-6-12(5)9(13)11(3,4)10(14)15/h8H,6-7H2,1-5H3,(H,14,15). The Labute approximate surface area is 96.4 Å². The fourth-order valence-corrected chi connectivity index (χ4v) is 1.10. The lowest BCUT2D eigenvalue weighted by molar-refractivity contribution is -0.158. The van der Waals surface area contributed by atoms with Gasteiger partial charge in [0, 0.05) is 13.6 Å². The molecule has 0 aromatic rings. The molecule has 16 heavy (non-hydrogen) atoms. The minimum Gasteiger partial charge on any atom is -0.480 e. The topological polar surface area (TPSA) is 66.8 Å². The third kappa shape index (κ3) is 4.18. The number of hydrogen-bond donors (Lipinski definition) is 1. The first-order chi connectivity index (χ1) is 7.19. The summed E-state index contributed by atoms with van der Waals surface area (Å²) in [5, 5.41) is 8.90. The van der Waals surface area contributed by atoms with Gasteiger partial charge in [-0.1, -0.05) is 0 Å². The summed E-state index contributed by atoms with van der Waals surface area (Å²) in [6.07, 6.45) is 0.107. The molecule has 0 radical (unpaired) electrons. The minimum absolute atomic E-state index is 0.107. The maximum Gasteiger partial charge on any atom is 0.318 e. The number of carboxylic acids is 1. The summed E-state index contributed by atoms with van der Waals surface area (Å²) >= 11 is 0. The minimum atomic E-state index is -1.38. The molecule has 0 aliphatic rings. The number of hydrogen-bond acceptors (Lipinski definition) is 3. The van der Waals surface area contributed by atoms with Gasteiger partial charge in [0.25, 0.3) is 0 Å². The number of carboxylic acid groups (broad SMARTS) is 1. The monoisotopic (exact) mass is 231 g/mol. The Morgan fingerprint density at radius 1 is 1.38 bits per heavy atom. The van der Waals surface area contributed by atoms with Gasteiger partial charge in [0.05, 0.1) is 12.7 Å². The Kier molecular flexibility index (Phi) is 5.44. The second-order valence-electron chi connectivity index (χ2n) is 4.58. The van der Waals surface area contributed by atoms with E-state index in [2.05, 4.69) is 0 Å². The fraction of sp³-hybridized carbons (Fsp3) is 0.818. The molecule has 5 heteroatoms. The highest BCUT2D eigenvalue weighted by molar-refractivity contribution is 6.00. The number of carbonyl (C=O) groups is 2. The molecule has 94 valence electrons. The highest BCUT2D eigenvalue weighted by atomic mass is 16.5. The summed E-state index contributed by atoms with van der Waals surface area (Å²) in [6.45, 7) is 7.42. The zero-order valence-electron chi connectivity index (χ0n) is 10.6. The van der Waals surface area contributed by atoms with Crippen molar-refractivity contribution in [1.29, 1.82) is 0 Å². The molecule has 1 N–H and O–H groups in total. The van der Waals surface area contributed by atoms with Crippen molar-refractivity contribution < 1.29 is 19.4 Å². The number of likely N-dealkylation sites (N-methyl/N-ethyl adjacent to an activating group) is 1. The molecule has 5 nitrogen and oxygen atoms in total. The zero-order valence-corrected chi connectivity index (χ0v) is 10.6. The summed E-state index contributed by atoms with van der Waals surface area (Å²) < 4.78 is 5.29. The molecule has 0 aromatic carbocycles. The average molecular weight is 231 g/mol. The Hall–Kier alpha value is -1.10. The molecule has 0 aliphatic heterocycles. The van der Waals surface area contributed by atoms with Crippen LogP contribution in [-0.4, -0.2) is 48.2 Å². The summed E-state index contributed by atoms with van der Waals surface area (Å²) in [5.41, 5.74) is -1.38. The van der Waals surface area contributed by atoms with Crippen LogP contribution in [0.1, 0.15) is 27.7 Å². The molecular weight excluding hydrogens is 210 g/mol. The summed E-state index contributed by atoms with van der Waals surface area (Å²) in [4.78, 5) is 24.0. The van der Waals surface area contributed by atoms with Gasteiger partial charge in [-0.2, -0.15) is 0 Å². The number of carbonyl (C=O) groups excluding carboxylic acids is 1. The van der Waals surface area contributed by atoms with Crippen molar-refractivity contribution in [2.75, 3.05) is 20.2 Å². The van der Waals surface area contributed by atoms with Crippen LogP contribution in [0, 0.1) is 5.41 Å². The molecule has 0 heterocycles. The van der Waals surface area contributed by atoms with E-state index in [1.54, 1.807) is 7.05 Å². The molecule has 0 bridgehead atoms. The fourth-order valence-electron chi connectivity index (χ4n) is 1.10. The quantitative estimate of drug-likeness (QED) is 0.692. The van der Waals surface area contributed by atoms with E-state index in [9.17, 15) is 9.59 Å². The zero-order chi connectivity index (χ0) is 12.9. The van der Waals surface area contributed by atoms with Crippen LogP contribution in [0.5, 0.6) is 0 Å². The van der Waals surface area contributed by atoms with E-state index in [1.165, 1.54) is 18.7 Å². The van der Waals surface area contributed by atoms with Gasteiger partial charge in [-0.3, -0.25) is 9.59 Å². The second-order valence-corrected chi connectivity index (χ2v) is 4.58. The number of amides is 1. The van der Waals surface area contributed by atoms with Crippen LogP contribution >= 0.6 is 0 Å². The highest BCUT2D eigenvalue weighted by Gasteiger charge is 2.37. The van der Waals surface area contributed by atoms with Gasteiger partial charge in [0.1, 0.15) is 5.41 Å². The van der Waals surface area contributed by atoms with Crippen LogP contribution < -0.4 is 0 Å². The molecule has 0 rings (SSSR count). The van der Waals surface area contributed by atoms with Crippen LogP contribution in [0.3, 0.4) is 0 Å². The van der Waals surface area contributed by atoms with Crippen molar-refractivity contribution in [2.45, 2.75) is 33.8 Å². The lowest BCUT2D eigenvalue weighted by Gasteiger charge is -2.26. The molecule has 0 spiro atoms. The van der Waals surface area contributed by atoms with Gasteiger partial charge in [-0.25, -0.2) is 0 Å². The average Bonchev–Trinajstić information content (AvgIpc) is 2.15. The van der Waals surface area contributed by atoms with Gasteiger partial charge in [-0.15, -0.1) is 0 Å². The summed E-state index contributed by atoms with van der Waals surface area (Å²) in [7, 11) is 1.58. The number of aliphatic carboxylic acids is 1. The van der Waals surface area contributed by atoms with E-state index in [0.29, 0.717) is 13.2 Å². The maximum absolute atomic E-state index is 11.8. The number of ether oxygens (including phenoxy) is 1. The van der Waals surface area contributed by atoms with E-state index in [1.807, 2.05) is 13.8 Å². The lowest BCUT2D eigenvalue weighted by Crippen LogP contribution is -2.44. The van der Waals surface area contributed by atoms with Crippen LogP contribution in [0.25, 0.3) is 0 Å².